The zero-order valence-electron chi connectivity index (χ0n) is 13.4. The van der Waals surface area contributed by atoms with Gasteiger partial charge in [0.05, 0.1) is 11.1 Å². The maximum atomic E-state index is 12.3. The van der Waals surface area contributed by atoms with Gasteiger partial charge in [-0.25, -0.2) is 0 Å². The van der Waals surface area contributed by atoms with E-state index in [1.54, 1.807) is 12.1 Å². The number of halogens is 1. The summed E-state index contributed by atoms with van der Waals surface area (Å²) in [6.45, 7) is 4.89. The highest BCUT2D eigenvalue weighted by Crippen LogP contribution is 2.37. The lowest BCUT2D eigenvalue weighted by molar-refractivity contribution is -0.122. The number of rotatable bonds is 6. The predicted molar refractivity (Wildman–Crippen MR) is 101 cm³/mol. The second-order valence-corrected chi connectivity index (χ2v) is 6.03. The number of terminal acetylenes is 1. The summed E-state index contributed by atoms with van der Waals surface area (Å²) in [4.78, 5) is 13.8. The van der Waals surface area contributed by atoms with E-state index in [-0.39, 0.29) is 12.5 Å². The van der Waals surface area contributed by atoms with Crippen LogP contribution in [0.15, 0.2) is 22.3 Å². The minimum atomic E-state index is -0.149. The molecule has 0 saturated carbocycles. The molecule has 1 fully saturated rings. The molecule has 0 spiro atoms. The maximum absolute atomic E-state index is 12.3. The van der Waals surface area contributed by atoms with E-state index >= 15 is 0 Å². The van der Waals surface area contributed by atoms with Crippen LogP contribution in [0.2, 0.25) is 0 Å². The van der Waals surface area contributed by atoms with Gasteiger partial charge in [-0.15, -0.1) is 6.42 Å². The first kappa shape index (κ1) is 18.3. The number of likely N-dealkylation sites (N-methyl/N-ethyl adjacent to an activating group) is 1. The number of carbonyl (C=O) groups is 1. The van der Waals surface area contributed by atoms with Crippen molar-refractivity contribution in [2.45, 2.75) is 13.8 Å². The summed E-state index contributed by atoms with van der Waals surface area (Å²) in [5.41, 5.74) is 1.20. The Morgan fingerprint density at radius 3 is 2.75 bits per heavy atom. The van der Waals surface area contributed by atoms with Crippen molar-refractivity contribution in [3.05, 3.63) is 27.9 Å². The van der Waals surface area contributed by atoms with Gasteiger partial charge in [0.1, 0.15) is 12.3 Å². The first-order valence-corrected chi connectivity index (χ1v) is 8.59. The Bertz CT molecular complexity index is 740. The van der Waals surface area contributed by atoms with Crippen LogP contribution in [0.3, 0.4) is 0 Å². The molecule has 0 unspecified atom stereocenters. The molecule has 5 nitrogen and oxygen atoms in total. The third kappa shape index (κ3) is 3.89. The topological polar surface area (TPSA) is 50.8 Å². The fourth-order valence-corrected chi connectivity index (χ4v) is 3.11. The van der Waals surface area contributed by atoms with Crippen LogP contribution in [0, 0.1) is 12.3 Å². The van der Waals surface area contributed by atoms with E-state index in [1.807, 2.05) is 19.9 Å². The molecule has 1 amide bonds. The van der Waals surface area contributed by atoms with Crippen molar-refractivity contribution in [2.75, 3.05) is 19.8 Å². The molecule has 0 aromatic heterocycles. The lowest BCUT2D eigenvalue weighted by Crippen LogP contribution is -2.30. The molecule has 1 aromatic rings. The summed E-state index contributed by atoms with van der Waals surface area (Å²) in [6, 6.07) is 3.62. The Hall–Kier alpha value is -2.04. The molecule has 1 aliphatic rings. The minimum absolute atomic E-state index is 0.138. The Kier molecular flexibility index (Phi) is 6.23. The molecule has 1 heterocycles. The first-order chi connectivity index (χ1) is 11.5. The van der Waals surface area contributed by atoms with Gasteiger partial charge in [0.25, 0.3) is 5.91 Å². The van der Waals surface area contributed by atoms with Crippen molar-refractivity contribution in [1.29, 1.82) is 0 Å². The highest BCUT2D eigenvalue weighted by Gasteiger charge is 2.29. The van der Waals surface area contributed by atoms with Gasteiger partial charge in [-0.1, -0.05) is 5.92 Å². The van der Waals surface area contributed by atoms with Gasteiger partial charge in [-0.2, -0.15) is 0 Å². The summed E-state index contributed by atoms with van der Waals surface area (Å²) in [5, 5.41) is 3.34. The highest BCUT2D eigenvalue weighted by molar-refractivity contribution is 9.10. The molecule has 0 bridgehead atoms. The van der Waals surface area contributed by atoms with E-state index in [2.05, 4.69) is 27.2 Å². The summed E-state index contributed by atoms with van der Waals surface area (Å²) in [5.74, 6) is 3.36. The first-order valence-electron chi connectivity index (χ1n) is 7.38. The summed E-state index contributed by atoms with van der Waals surface area (Å²) >= 11 is 8.61. The Morgan fingerprint density at radius 2 is 2.17 bits per heavy atom. The molecule has 1 N–H and O–H groups in total. The van der Waals surface area contributed by atoms with Crippen molar-refractivity contribution < 1.29 is 14.3 Å². The van der Waals surface area contributed by atoms with Crippen molar-refractivity contribution in [1.82, 2.24) is 10.2 Å². The fraction of sp³-hybridized carbons (Fsp3) is 0.294. The molecule has 0 atom stereocenters. The van der Waals surface area contributed by atoms with Crippen LogP contribution < -0.4 is 14.8 Å². The number of thiocarbonyl (C=S) groups is 1. The lowest BCUT2D eigenvalue weighted by Gasteiger charge is -2.13. The second kappa shape index (κ2) is 8.18. The largest absolute Gasteiger partial charge is 0.490 e. The number of amides is 1. The molecular weight excluding hydrogens is 392 g/mol. The van der Waals surface area contributed by atoms with Crippen LogP contribution in [-0.2, 0) is 4.79 Å². The third-order valence-electron chi connectivity index (χ3n) is 3.22. The fourth-order valence-electron chi connectivity index (χ4n) is 2.21. The second-order valence-electron chi connectivity index (χ2n) is 4.79. The zero-order chi connectivity index (χ0) is 17.7. The zero-order valence-corrected chi connectivity index (χ0v) is 15.8. The van der Waals surface area contributed by atoms with Crippen LogP contribution >= 0.6 is 28.1 Å². The van der Waals surface area contributed by atoms with Gasteiger partial charge in [-0.3, -0.25) is 9.69 Å². The van der Waals surface area contributed by atoms with Crippen LogP contribution in [0.4, 0.5) is 0 Å². The standard InChI is InChI=1S/C17H17BrN2O3S/c1-4-7-23-15-12(18)8-11(10-14(15)22-6-3)9-13-16(21)20(5-2)17(24)19-13/h1,8-10H,5-7H2,2-3H3,(H,19,24)/b13-9-. The smallest absolute Gasteiger partial charge is 0.276 e. The molecule has 1 aromatic carbocycles. The quantitative estimate of drug-likeness (QED) is 0.445. The molecule has 2 rings (SSSR count). The van der Waals surface area contributed by atoms with Gasteiger partial charge < -0.3 is 14.8 Å². The van der Waals surface area contributed by atoms with Crippen LogP contribution in [0.5, 0.6) is 11.5 Å². The normalized spacial score (nSPS) is 15.4. The third-order valence-corrected chi connectivity index (χ3v) is 4.13. The van der Waals surface area contributed by atoms with Crippen LogP contribution in [0.1, 0.15) is 19.4 Å². The molecular formula is C17H17BrN2O3S. The molecule has 0 radical (unpaired) electrons. The Labute approximate surface area is 155 Å². The number of carbonyl (C=O) groups excluding carboxylic acids is 1. The number of nitrogens with one attached hydrogen (secondary N) is 1. The predicted octanol–water partition coefficient (Wildman–Crippen LogP) is 2.94. The average Bonchev–Trinajstić information content (AvgIpc) is 2.80. The monoisotopic (exact) mass is 408 g/mol. The van der Waals surface area contributed by atoms with Gasteiger partial charge in [-0.05, 0) is 65.8 Å². The summed E-state index contributed by atoms with van der Waals surface area (Å²) in [6.07, 6.45) is 6.97. The van der Waals surface area contributed by atoms with Crippen LogP contribution in [-0.4, -0.2) is 35.7 Å². The Balaban J connectivity index is 2.38. The maximum Gasteiger partial charge on any atom is 0.276 e. The number of hydrogen-bond donors (Lipinski definition) is 1. The Morgan fingerprint density at radius 1 is 1.42 bits per heavy atom. The highest BCUT2D eigenvalue weighted by atomic mass is 79.9. The van der Waals surface area contributed by atoms with E-state index in [0.29, 0.717) is 39.9 Å². The van der Waals surface area contributed by atoms with Crippen LogP contribution in [0.25, 0.3) is 6.08 Å². The van der Waals surface area contributed by atoms with Gasteiger partial charge in [0.15, 0.2) is 16.6 Å². The van der Waals surface area contributed by atoms with Crippen molar-refractivity contribution >= 4 is 45.2 Å². The van der Waals surface area contributed by atoms with E-state index in [0.717, 1.165) is 5.56 Å². The van der Waals surface area contributed by atoms with Gasteiger partial charge in [0.2, 0.25) is 0 Å². The van der Waals surface area contributed by atoms with E-state index in [9.17, 15) is 4.79 Å². The molecule has 1 aliphatic heterocycles. The number of hydrogen-bond acceptors (Lipinski definition) is 4. The summed E-state index contributed by atoms with van der Waals surface area (Å²) in [7, 11) is 0. The van der Waals surface area contributed by atoms with Gasteiger partial charge in [0, 0.05) is 6.54 Å². The number of ether oxygens (including phenoxy) is 2. The lowest BCUT2D eigenvalue weighted by atomic mass is 10.1. The van der Waals surface area contributed by atoms with E-state index in [4.69, 9.17) is 28.1 Å². The molecule has 0 aliphatic carbocycles. The van der Waals surface area contributed by atoms with Crippen molar-refractivity contribution in [3.8, 4) is 23.8 Å². The van der Waals surface area contributed by atoms with E-state index in [1.165, 1.54) is 4.90 Å². The molecule has 24 heavy (non-hydrogen) atoms. The molecule has 1 saturated heterocycles. The SMILES string of the molecule is C#CCOc1c(Br)cc(/C=C2\NC(=S)N(CC)C2=O)cc1OCC. The number of nitrogens with zero attached hydrogens (tertiary/aromatic N) is 1. The number of benzene rings is 1. The average molecular weight is 409 g/mol. The van der Waals surface area contributed by atoms with Gasteiger partial charge >= 0.3 is 0 Å². The minimum Gasteiger partial charge on any atom is -0.490 e. The molecule has 126 valence electrons. The summed E-state index contributed by atoms with van der Waals surface area (Å²) < 4.78 is 11.8. The van der Waals surface area contributed by atoms with E-state index < -0.39 is 0 Å². The van der Waals surface area contributed by atoms with Crippen molar-refractivity contribution in [2.24, 2.45) is 0 Å². The molecule has 7 heteroatoms. The van der Waals surface area contributed by atoms with Crippen molar-refractivity contribution in [3.63, 3.8) is 0 Å².